The molecule has 1 amide bonds. The number of allylic oxidation sites excluding steroid dienone is 2. The van der Waals surface area contributed by atoms with Crippen molar-refractivity contribution in [2.75, 3.05) is 12.4 Å². The second-order valence-corrected chi connectivity index (χ2v) is 9.06. The average Bonchev–Trinajstić information content (AvgIpc) is 3.00. The van der Waals surface area contributed by atoms with Gasteiger partial charge in [-0.25, -0.2) is 0 Å². The monoisotopic (exact) mass is 457 g/mol. The Morgan fingerprint density at radius 1 is 1.29 bits per heavy atom. The summed E-state index contributed by atoms with van der Waals surface area (Å²) in [5.74, 6) is 0.719. The van der Waals surface area contributed by atoms with Crippen molar-refractivity contribution in [3.05, 3.63) is 69.0 Å². The van der Waals surface area contributed by atoms with Crippen LogP contribution in [0.1, 0.15) is 35.7 Å². The van der Waals surface area contributed by atoms with Gasteiger partial charge in [0, 0.05) is 21.3 Å². The molecule has 4 rings (SSSR count). The predicted molar refractivity (Wildman–Crippen MR) is 116 cm³/mol. The number of amides is 1. The molecule has 6 heteroatoms. The number of ketones is 1. The number of nitrogens with one attached hydrogen (secondary N) is 1. The molecule has 0 unspecified atom stereocenters. The zero-order valence-electron chi connectivity index (χ0n) is 15.6. The maximum atomic E-state index is 13.2. The molecule has 0 aromatic heterocycles. The van der Waals surface area contributed by atoms with Gasteiger partial charge in [0.1, 0.15) is 10.5 Å². The fraction of sp³-hybridized carbons (Fsp3) is 0.273. The van der Waals surface area contributed by atoms with Crippen LogP contribution in [-0.2, 0) is 9.54 Å². The third-order valence-corrected chi connectivity index (χ3v) is 7.75. The molecule has 2 aliphatic rings. The number of Topliss-reactive ketones (excluding diaryl/α,β-unsaturated/α-hetero) is 1. The minimum Gasteiger partial charge on any atom is -0.497 e. The lowest BCUT2D eigenvalue weighted by atomic mass is 9.81. The van der Waals surface area contributed by atoms with Crippen LogP contribution in [0.3, 0.4) is 0 Å². The quantitative estimate of drug-likeness (QED) is 0.612. The Bertz CT molecular complexity index is 986. The van der Waals surface area contributed by atoms with Crippen LogP contribution in [0.5, 0.6) is 5.75 Å². The van der Waals surface area contributed by atoms with Crippen LogP contribution >= 0.6 is 27.7 Å². The Morgan fingerprint density at radius 3 is 2.71 bits per heavy atom. The van der Waals surface area contributed by atoms with Crippen molar-refractivity contribution in [1.29, 1.82) is 0 Å². The van der Waals surface area contributed by atoms with E-state index in [4.69, 9.17) is 4.74 Å². The third-order valence-electron chi connectivity index (χ3n) is 5.47. The maximum Gasteiger partial charge on any atom is 0.245 e. The molecule has 144 valence electrons. The van der Waals surface area contributed by atoms with Crippen molar-refractivity contribution in [1.82, 2.24) is 0 Å². The number of carbonyl (C=O) groups excluding carboxylic acids is 2. The molecular weight excluding hydrogens is 438 g/mol. The predicted octanol–water partition coefficient (Wildman–Crippen LogP) is 5.54. The van der Waals surface area contributed by atoms with Crippen LogP contribution in [0, 0.1) is 5.92 Å². The van der Waals surface area contributed by atoms with Crippen LogP contribution in [0.25, 0.3) is 0 Å². The molecule has 0 radical (unpaired) electrons. The van der Waals surface area contributed by atoms with E-state index >= 15 is 0 Å². The lowest BCUT2D eigenvalue weighted by Gasteiger charge is -2.38. The van der Waals surface area contributed by atoms with Crippen LogP contribution in [0.2, 0.25) is 0 Å². The minimum absolute atomic E-state index is 0.0422. The number of rotatable bonds is 4. The number of anilines is 1. The van der Waals surface area contributed by atoms with Gasteiger partial charge in [-0.1, -0.05) is 41.4 Å². The van der Waals surface area contributed by atoms with Gasteiger partial charge in [-0.15, -0.1) is 11.8 Å². The fourth-order valence-corrected chi connectivity index (χ4v) is 6.46. The first kappa shape index (κ1) is 19.3. The summed E-state index contributed by atoms with van der Waals surface area (Å²) in [6.45, 7) is 2.10. The van der Waals surface area contributed by atoms with Crippen molar-refractivity contribution in [3.8, 4) is 5.75 Å². The number of methoxy groups -OCH3 is 1. The largest absolute Gasteiger partial charge is 0.497 e. The zero-order valence-corrected chi connectivity index (χ0v) is 18.0. The Morgan fingerprint density at radius 2 is 2.04 bits per heavy atom. The lowest BCUT2D eigenvalue weighted by Crippen LogP contribution is -2.41. The van der Waals surface area contributed by atoms with E-state index in [-0.39, 0.29) is 17.6 Å². The normalized spacial score (nSPS) is 23.2. The van der Waals surface area contributed by atoms with Crippen LogP contribution in [0.4, 0.5) is 5.69 Å². The van der Waals surface area contributed by atoms with E-state index in [9.17, 15) is 9.59 Å². The minimum atomic E-state index is -0.795. The summed E-state index contributed by atoms with van der Waals surface area (Å²) in [6, 6.07) is 12.9. The van der Waals surface area contributed by atoms with Gasteiger partial charge in [0.2, 0.25) is 5.91 Å². The van der Waals surface area contributed by atoms with E-state index in [0.29, 0.717) is 22.6 Å². The first-order chi connectivity index (χ1) is 13.5. The van der Waals surface area contributed by atoms with Crippen molar-refractivity contribution in [2.45, 2.75) is 24.5 Å². The van der Waals surface area contributed by atoms with Crippen molar-refractivity contribution in [2.24, 2.45) is 5.92 Å². The van der Waals surface area contributed by atoms with E-state index in [0.717, 1.165) is 22.1 Å². The van der Waals surface area contributed by atoms with Gasteiger partial charge in [0.15, 0.2) is 5.78 Å². The molecule has 2 aliphatic heterocycles. The highest BCUT2D eigenvalue weighted by molar-refractivity contribution is 9.10. The highest BCUT2D eigenvalue weighted by Crippen LogP contribution is 2.59. The van der Waals surface area contributed by atoms with Crippen molar-refractivity contribution < 1.29 is 14.3 Å². The Hall–Kier alpha value is -2.05. The number of benzene rings is 2. The highest BCUT2D eigenvalue weighted by atomic mass is 79.9. The molecule has 2 atom stereocenters. The Kier molecular flexibility index (Phi) is 5.10. The van der Waals surface area contributed by atoms with E-state index in [2.05, 4.69) is 28.2 Å². The number of hydrogen-bond acceptors (Lipinski definition) is 4. The second kappa shape index (κ2) is 7.41. The number of thioether (sulfide) groups is 1. The molecule has 1 spiro atoms. The van der Waals surface area contributed by atoms with Crippen LogP contribution in [-0.4, -0.2) is 18.8 Å². The van der Waals surface area contributed by atoms with Gasteiger partial charge in [-0.3, -0.25) is 9.59 Å². The smallest absolute Gasteiger partial charge is 0.245 e. The number of carbonyl (C=O) groups is 2. The summed E-state index contributed by atoms with van der Waals surface area (Å²) in [7, 11) is 1.60. The molecule has 2 aromatic carbocycles. The standard InChI is InChI=1S/C22H20BrNO3S/c1-3-14-9-12-18(20(25)13-7-10-15(27-2)11-8-13)28-22(14)19-16(23)5-4-6-17(19)24-21(22)26/h4-8,10-12,14H,3,9H2,1-2H3,(H,24,26)/t14-,22+/m1/s1. The first-order valence-electron chi connectivity index (χ1n) is 9.19. The van der Waals surface area contributed by atoms with E-state index < -0.39 is 4.75 Å². The second-order valence-electron chi connectivity index (χ2n) is 6.92. The Balaban J connectivity index is 1.76. The van der Waals surface area contributed by atoms with Gasteiger partial charge < -0.3 is 10.1 Å². The molecule has 1 N–H and O–H groups in total. The van der Waals surface area contributed by atoms with Gasteiger partial charge >= 0.3 is 0 Å². The Labute approximate surface area is 176 Å². The number of hydrogen-bond donors (Lipinski definition) is 1. The molecular formula is C22H20BrNO3S. The highest BCUT2D eigenvalue weighted by Gasteiger charge is 2.55. The lowest BCUT2D eigenvalue weighted by molar-refractivity contribution is -0.119. The van der Waals surface area contributed by atoms with E-state index in [1.54, 1.807) is 31.4 Å². The summed E-state index contributed by atoms with van der Waals surface area (Å²) in [5, 5.41) is 3.03. The number of fused-ring (bicyclic) bond motifs is 2. The molecule has 0 bridgehead atoms. The average molecular weight is 458 g/mol. The van der Waals surface area contributed by atoms with E-state index in [1.807, 2.05) is 24.3 Å². The van der Waals surface area contributed by atoms with Crippen molar-refractivity contribution >= 4 is 45.1 Å². The topological polar surface area (TPSA) is 55.4 Å². The SMILES string of the molecule is CC[C@@H]1CC=C(C(=O)c2ccc(OC)cc2)S[C@@]12C(=O)Nc1cccc(Br)c12. The van der Waals surface area contributed by atoms with Gasteiger partial charge in [0.05, 0.1) is 12.0 Å². The van der Waals surface area contributed by atoms with Gasteiger partial charge in [-0.2, -0.15) is 0 Å². The van der Waals surface area contributed by atoms with Crippen LogP contribution in [0.15, 0.2) is 57.9 Å². The zero-order chi connectivity index (χ0) is 19.9. The van der Waals surface area contributed by atoms with E-state index in [1.165, 1.54) is 11.8 Å². The molecule has 28 heavy (non-hydrogen) atoms. The number of ether oxygens (including phenoxy) is 1. The maximum absolute atomic E-state index is 13.2. The summed E-state index contributed by atoms with van der Waals surface area (Å²) in [5.41, 5.74) is 2.36. The molecule has 2 aromatic rings. The molecule has 0 aliphatic carbocycles. The summed E-state index contributed by atoms with van der Waals surface area (Å²) in [6.07, 6.45) is 3.52. The summed E-state index contributed by atoms with van der Waals surface area (Å²) < 4.78 is 5.28. The van der Waals surface area contributed by atoms with Gasteiger partial charge in [0.25, 0.3) is 0 Å². The molecule has 4 nitrogen and oxygen atoms in total. The fourth-order valence-electron chi connectivity index (χ4n) is 4.01. The molecule has 0 saturated carbocycles. The summed E-state index contributed by atoms with van der Waals surface area (Å²) >= 11 is 5.03. The molecule has 0 saturated heterocycles. The van der Waals surface area contributed by atoms with Crippen LogP contribution < -0.4 is 10.1 Å². The number of halogens is 1. The molecule has 2 heterocycles. The van der Waals surface area contributed by atoms with Crippen molar-refractivity contribution in [3.63, 3.8) is 0 Å². The molecule has 0 fully saturated rings. The third kappa shape index (κ3) is 2.90. The summed E-state index contributed by atoms with van der Waals surface area (Å²) in [4.78, 5) is 27.0. The first-order valence-corrected chi connectivity index (χ1v) is 10.8. The van der Waals surface area contributed by atoms with Gasteiger partial charge in [-0.05, 0) is 48.7 Å².